The van der Waals surface area contributed by atoms with Crippen LogP contribution in [-0.4, -0.2) is 70.9 Å². The molecule has 9 heteroatoms. The van der Waals surface area contributed by atoms with Crippen molar-refractivity contribution in [3.8, 4) is 0 Å². The third kappa shape index (κ3) is 6.88. The number of ether oxygens (including phenoxy) is 1. The van der Waals surface area contributed by atoms with E-state index in [9.17, 15) is 14.4 Å². The fourth-order valence-corrected chi connectivity index (χ4v) is 5.63. The molecule has 3 heterocycles. The quantitative estimate of drug-likeness (QED) is 0.521. The van der Waals surface area contributed by atoms with Crippen molar-refractivity contribution in [1.29, 1.82) is 0 Å². The molecule has 0 saturated carbocycles. The maximum atomic E-state index is 13.4. The van der Waals surface area contributed by atoms with Gasteiger partial charge in [-0.3, -0.25) is 24.3 Å². The second-order valence-electron chi connectivity index (χ2n) is 12.2. The molecule has 1 aromatic carbocycles. The number of amides is 2. The number of nitrogens with one attached hydrogen (secondary N) is 2. The molecule has 1 aromatic heterocycles. The Bertz CT molecular complexity index is 1290. The van der Waals surface area contributed by atoms with E-state index in [1.165, 1.54) is 5.01 Å². The molecule has 1 unspecified atom stereocenters. The molecule has 2 aliphatic rings. The van der Waals surface area contributed by atoms with Crippen LogP contribution in [0.25, 0.3) is 17.0 Å². The van der Waals surface area contributed by atoms with E-state index in [4.69, 9.17) is 9.72 Å². The van der Waals surface area contributed by atoms with E-state index in [0.29, 0.717) is 31.6 Å². The molecule has 2 aromatic rings. The summed E-state index contributed by atoms with van der Waals surface area (Å²) >= 11 is 0. The smallest absolute Gasteiger partial charge is 0.325 e. The highest BCUT2D eigenvalue weighted by atomic mass is 16.5. The summed E-state index contributed by atoms with van der Waals surface area (Å²) in [5.74, 6) is -0.884. The molecule has 0 radical (unpaired) electrons. The van der Waals surface area contributed by atoms with Crippen LogP contribution in [0, 0.1) is 11.3 Å². The van der Waals surface area contributed by atoms with Gasteiger partial charge in [0.1, 0.15) is 18.2 Å². The molecule has 9 nitrogen and oxygen atoms in total. The van der Waals surface area contributed by atoms with Crippen molar-refractivity contribution >= 4 is 34.8 Å². The summed E-state index contributed by atoms with van der Waals surface area (Å²) in [5.41, 5.74) is 5.30. The average molecular weight is 550 g/mol. The van der Waals surface area contributed by atoms with E-state index in [1.807, 2.05) is 45.2 Å². The van der Waals surface area contributed by atoms with Crippen molar-refractivity contribution < 1.29 is 19.1 Å². The number of aromatic nitrogens is 1. The van der Waals surface area contributed by atoms with Gasteiger partial charge in [-0.1, -0.05) is 58.0 Å². The number of cyclic esters (lactones) is 1. The first-order valence-electron chi connectivity index (χ1n) is 14.2. The molecule has 1 fully saturated rings. The third-order valence-corrected chi connectivity index (χ3v) is 7.67. The Labute approximate surface area is 237 Å². The molecular weight excluding hydrogens is 506 g/mol. The highest BCUT2D eigenvalue weighted by Crippen LogP contribution is 2.26. The van der Waals surface area contributed by atoms with Gasteiger partial charge in [0.25, 0.3) is 5.91 Å². The highest BCUT2D eigenvalue weighted by molar-refractivity contribution is 5.90. The lowest BCUT2D eigenvalue weighted by Crippen LogP contribution is -2.61. The van der Waals surface area contributed by atoms with Crippen LogP contribution in [0.3, 0.4) is 0 Å². The van der Waals surface area contributed by atoms with Gasteiger partial charge in [-0.05, 0) is 62.8 Å². The average Bonchev–Trinajstić information content (AvgIpc) is 2.90. The molecule has 0 aliphatic carbocycles. The molecule has 4 rings (SSSR count). The molecule has 2 amide bonds. The number of carbonyl (C=O) groups excluding carboxylic acids is 3. The summed E-state index contributed by atoms with van der Waals surface area (Å²) in [6.45, 7) is 12.9. The topological polar surface area (TPSA) is 104 Å². The normalized spacial score (nSPS) is 27.9. The Balaban J connectivity index is 1.70. The maximum absolute atomic E-state index is 13.4. The standard InChI is InChI=1S/C31H43N5O4/c1-19(2)27-28(37)32-20(3)29(38)36-16-8-9-25(34-36)30(39)40-21(4)24-13-12-23-11-10-22(17-26(23)33-24)14-15-31(5,6)18-35(27)7/h10-15,17,19-21,25,27,34H,8-9,16,18H2,1-7H3,(H,32,37)/b15-14+/t20-,21+,25-,27?/m0/s1. The Morgan fingerprint density at radius 3 is 2.55 bits per heavy atom. The van der Waals surface area contributed by atoms with E-state index < -0.39 is 30.2 Å². The zero-order valence-electron chi connectivity index (χ0n) is 24.7. The first-order valence-corrected chi connectivity index (χ1v) is 14.2. The summed E-state index contributed by atoms with van der Waals surface area (Å²) < 4.78 is 5.79. The number of carbonyl (C=O) groups is 3. The van der Waals surface area contributed by atoms with E-state index in [-0.39, 0.29) is 23.1 Å². The van der Waals surface area contributed by atoms with Gasteiger partial charge in [-0.25, -0.2) is 10.4 Å². The van der Waals surface area contributed by atoms with Gasteiger partial charge >= 0.3 is 5.97 Å². The van der Waals surface area contributed by atoms with Crippen LogP contribution in [0.4, 0.5) is 0 Å². The van der Waals surface area contributed by atoms with Gasteiger partial charge in [-0.2, -0.15) is 0 Å². The monoisotopic (exact) mass is 549 g/mol. The first-order chi connectivity index (χ1) is 18.8. The van der Waals surface area contributed by atoms with Gasteiger partial charge in [0.15, 0.2) is 0 Å². The lowest BCUT2D eigenvalue weighted by Gasteiger charge is -2.37. The summed E-state index contributed by atoms with van der Waals surface area (Å²) in [6, 6.07) is 8.16. The predicted octanol–water partition coefficient (Wildman–Crippen LogP) is 3.85. The summed E-state index contributed by atoms with van der Waals surface area (Å²) in [7, 11) is 1.95. The number of hydrogen-bond acceptors (Lipinski definition) is 7. The van der Waals surface area contributed by atoms with Crippen molar-refractivity contribution in [3.05, 3.63) is 47.7 Å². The number of rotatable bonds is 1. The molecule has 1 saturated heterocycles. The van der Waals surface area contributed by atoms with E-state index in [1.54, 1.807) is 13.8 Å². The van der Waals surface area contributed by atoms with Crippen molar-refractivity contribution in [3.63, 3.8) is 0 Å². The number of nitrogens with zero attached hydrogens (tertiary/aromatic N) is 3. The van der Waals surface area contributed by atoms with Crippen molar-refractivity contribution in [2.75, 3.05) is 20.1 Å². The zero-order chi connectivity index (χ0) is 29.2. The number of fused-ring (bicyclic) bond motifs is 4. The largest absolute Gasteiger partial charge is 0.455 e. The number of esters is 1. The number of pyridine rings is 1. The molecule has 5 bridgehead atoms. The Hall–Kier alpha value is -3.30. The minimum Gasteiger partial charge on any atom is -0.455 e. The van der Waals surface area contributed by atoms with E-state index in [2.05, 4.69) is 47.7 Å². The SMILES string of the molecule is CC(C)C1C(=O)N[C@@H](C)C(=O)N2CCC[C@H](N2)C(=O)O[C@H](C)c2ccc3ccc(cc3n2)/C=C/C(C)(C)CN1C. The Morgan fingerprint density at radius 2 is 1.82 bits per heavy atom. The number of benzene rings is 1. The molecular formula is C31H43N5O4. The number of likely N-dealkylation sites (N-methyl/N-ethyl adjacent to an activating group) is 1. The molecule has 0 spiro atoms. The van der Waals surface area contributed by atoms with Crippen molar-refractivity contribution in [1.82, 2.24) is 25.6 Å². The lowest BCUT2D eigenvalue weighted by atomic mass is 9.89. The number of hydrogen-bond donors (Lipinski definition) is 2. The van der Waals surface area contributed by atoms with Crippen LogP contribution < -0.4 is 10.7 Å². The first kappa shape index (κ1) is 29.7. The zero-order valence-corrected chi connectivity index (χ0v) is 24.7. The molecule has 4 atom stereocenters. The van der Waals surface area contributed by atoms with Gasteiger partial charge in [0.2, 0.25) is 5.91 Å². The van der Waals surface area contributed by atoms with Crippen LogP contribution >= 0.6 is 0 Å². The fraction of sp³-hybridized carbons (Fsp3) is 0.548. The van der Waals surface area contributed by atoms with Crippen LogP contribution in [0.5, 0.6) is 0 Å². The van der Waals surface area contributed by atoms with Crippen molar-refractivity contribution in [2.24, 2.45) is 11.3 Å². The Morgan fingerprint density at radius 1 is 1.10 bits per heavy atom. The second-order valence-corrected chi connectivity index (χ2v) is 12.2. The summed E-state index contributed by atoms with van der Waals surface area (Å²) in [4.78, 5) is 46.7. The Kier molecular flexibility index (Phi) is 8.95. The maximum Gasteiger partial charge on any atom is 0.325 e. The minimum atomic E-state index is -0.757. The van der Waals surface area contributed by atoms with Crippen LogP contribution in [0.2, 0.25) is 0 Å². The number of hydrazine groups is 1. The van der Waals surface area contributed by atoms with Crippen LogP contribution in [0.15, 0.2) is 36.4 Å². The second kappa shape index (κ2) is 12.1. The third-order valence-electron chi connectivity index (χ3n) is 7.67. The lowest BCUT2D eigenvalue weighted by molar-refractivity contribution is -0.157. The summed E-state index contributed by atoms with van der Waals surface area (Å²) in [6.07, 6.45) is 4.87. The minimum absolute atomic E-state index is 0.0312. The van der Waals surface area contributed by atoms with Crippen LogP contribution in [0.1, 0.15) is 71.7 Å². The molecule has 216 valence electrons. The highest BCUT2D eigenvalue weighted by Gasteiger charge is 2.35. The van der Waals surface area contributed by atoms with E-state index >= 15 is 0 Å². The van der Waals surface area contributed by atoms with Gasteiger partial charge < -0.3 is 10.1 Å². The molecule has 2 N–H and O–H groups in total. The van der Waals surface area contributed by atoms with Gasteiger partial charge in [0, 0.05) is 18.5 Å². The van der Waals surface area contributed by atoms with Crippen LogP contribution in [-0.2, 0) is 19.1 Å². The van der Waals surface area contributed by atoms with Gasteiger partial charge in [-0.15, -0.1) is 0 Å². The molecule has 2 aliphatic heterocycles. The van der Waals surface area contributed by atoms with Crippen molar-refractivity contribution in [2.45, 2.75) is 78.6 Å². The fourth-order valence-electron chi connectivity index (χ4n) is 5.63. The van der Waals surface area contributed by atoms with Gasteiger partial charge in [0.05, 0.1) is 17.3 Å². The van der Waals surface area contributed by atoms with E-state index in [0.717, 1.165) is 16.5 Å². The molecule has 40 heavy (non-hydrogen) atoms. The summed E-state index contributed by atoms with van der Waals surface area (Å²) in [5, 5.41) is 5.36. The predicted molar refractivity (Wildman–Crippen MR) is 156 cm³/mol.